The van der Waals surface area contributed by atoms with Crippen LogP contribution in [-0.4, -0.2) is 37.9 Å². The summed E-state index contributed by atoms with van der Waals surface area (Å²) in [6.07, 6.45) is 2.83. The summed E-state index contributed by atoms with van der Waals surface area (Å²) in [6.45, 7) is -0.340. The minimum atomic E-state index is -0.597. The highest BCUT2D eigenvalue weighted by Gasteiger charge is 2.12. The molecule has 0 aliphatic heterocycles. The Balaban J connectivity index is 1.58. The molecular formula is C23H22N2O7. The molecule has 0 aliphatic rings. The number of hydrogen-bond acceptors (Lipinski definition) is 8. The van der Waals surface area contributed by atoms with Crippen LogP contribution in [0.15, 0.2) is 59.1 Å². The van der Waals surface area contributed by atoms with Crippen molar-refractivity contribution in [2.45, 2.75) is 6.61 Å². The van der Waals surface area contributed by atoms with Gasteiger partial charge in [0, 0.05) is 17.7 Å². The van der Waals surface area contributed by atoms with E-state index in [1.807, 2.05) is 24.3 Å². The Bertz CT molecular complexity index is 1120. The SMILES string of the molecule is COc1cc(/C=C/C(=O)OCc2cc(-c3ccccc3OC)no2)ccc1OCC(N)=O. The maximum atomic E-state index is 12.1. The Kier molecular flexibility index (Phi) is 7.47. The number of benzene rings is 2. The molecule has 1 heterocycles. The van der Waals surface area contributed by atoms with Crippen molar-refractivity contribution in [3.8, 4) is 28.5 Å². The first-order chi connectivity index (χ1) is 15.5. The zero-order valence-corrected chi connectivity index (χ0v) is 17.6. The van der Waals surface area contributed by atoms with E-state index in [1.54, 1.807) is 37.5 Å². The lowest BCUT2D eigenvalue weighted by Crippen LogP contribution is -2.20. The predicted molar refractivity (Wildman–Crippen MR) is 115 cm³/mol. The number of aromatic nitrogens is 1. The van der Waals surface area contributed by atoms with Gasteiger partial charge in [0.2, 0.25) is 0 Å². The Hall–Kier alpha value is -4.27. The molecule has 0 saturated carbocycles. The van der Waals surface area contributed by atoms with Crippen LogP contribution in [0.3, 0.4) is 0 Å². The molecule has 0 bridgehead atoms. The van der Waals surface area contributed by atoms with E-state index in [4.69, 9.17) is 29.2 Å². The van der Waals surface area contributed by atoms with Crippen molar-refractivity contribution < 1.29 is 33.1 Å². The monoisotopic (exact) mass is 438 g/mol. The fraction of sp³-hybridized carbons (Fsp3) is 0.174. The lowest BCUT2D eigenvalue weighted by atomic mass is 10.1. The summed E-state index contributed by atoms with van der Waals surface area (Å²) in [7, 11) is 3.04. The molecule has 2 N–H and O–H groups in total. The highest BCUT2D eigenvalue weighted by Crippen LogP contribution is 2.30. The standard InChI is InChI=1S/C23H22N2O7/c1-28-19-6-4-3-5-17(19)18-12-16(32-25-18)13-31-23(27)10-8-15-7-9-20(21(11-15)29-2)30-14-22(24)26/h3-12H,13-14H2,1-2H3,(H2,24,26)/b10-8+. The minimum absolute atomic E-state index is 0.0749. The van der Waals surface area contributed by atoms with E-state index in [2.05, 4.69) is 5.16 Å². The van der Waals surface area contributed by atoms with E-state index in [-0.39, 0.29) is 13.2 Å². The summed E-state index contributed by atoms with van der Waals surface area (Å²) in [6, 6.07) is 14.0. The second-order valence-electron chi connectivity index (χ2n) is 6.49. The number of carbonyl (C=O) groups excluding carboxylic acids is 2. The van der Waals surface area contributed by atoms with Gasteiger partial charge in [-0.05, 0) is 35.9 Å². The van der Waals surface area contributed by atoms with Crippen LogP contribution in [-0.2, 0) is 20.9 Å². The number of primary amides is 1. The van der Waals surface area contributed by atoms with Gasteiger partial charge in [-0.2, -0.15) is 0 Å². The first kappa shape index (κ1) is 22.4. The second-order valence-corrected chi connectivity index (χ2v) is 6.49. The molecule has 3 aromatic rings. The molecule has 1 aromatic heterocycles. The summed E-state index contributed by atoms with van der Waals surface area (Å²) in [4.78, 5) is 22.9. The molecule has 0 fully saturated rings. The van der Waals surface area contributed by atoms with Gasteiger partial charge in [-0.3, -0.25) is 4.79 Å². The second kappa shape index (κ2) is 10.7. The number of methoxy groups -OCH3 is 2. The molecule has 0 spiro atoms. The quantitative estimate of drug-likeness (QED) is 0.379. The lowest BCUT2D eigenvalue weighted by Gasteiger charge is -2.09. The molecule has 0 unspecified atom stereocenters. The highest BCUT2D eigenvalue weighted by molar-refractivity contribution is 5.87. The van der Waals surface area contributed by atoms with Gasteiger partial charge in [0.15, 0.2) is 30.5 Å². The molecule has 166 valence electrons. The number of rotatable bonds is 10. The lowest BCUT2D eigenvalue weighted by molar-refractivity contribution is -0.139. The predicted octanol–water partition coefficient (Wildman–Crippen LogP) is 2.98. The molecule has 32 heavy (non-hydrogen) atoms. The Morgan fingerprint density at radius 3 is 2.56 bits per heavy atom. The summed E-state index contributed by atoms with van der Waals surface area (Å²) in [5, 5.41) is 4.00. The molecule has 1 amide bonds. The first-order valence-corrected chi connectivity index (χ1v) is 9.53. The van der Waals surface area contributed by atoms with Crippen LogP contribution >= 0.6 is 0 Å². The van der Waals surface area contributed by atoms with E-state index < -0.39 is 11.9 Å². The van der Waals surface area contributed by atoms with Gasteiger partial charge in [-0.25, -0.2) is 4.79 Å². The smallest absolute Gasteiger partial charge is 0.331 e. The largest absolute Gasteiger partial charge is 0.496 e. The average molecular weight is 438 g/mol. The number of ether oxygens (including phenoxy) is 4. The molecule has 9 heteroatoms. The summed E-state index contributed by atoms with van der Waals surface area (Å²) < 4.78 is 26.3. The van der Waals surface area contributed by atoms with Crippen molar-refractivity contribution in [1.29, 1.82) is 0 Å². The maximum Gasteiger partial charge on any atom is 0.331 e. The molecule has 3 rings (SSSR count). The van der Waals surface area contributed by atoms with Gasteiger partial charge >= 0.3 is 5.97 Å². The highest BCUT2D eigenvalue weighted by atomic mass is 16.5. The fourth-order valence-corrected chi connectivity index (χ4v) is 2.77. The van der Waals surface area contributed by atoms with Crippen molar-refractivity contribution in [2.75, 3.05) is 20.8 Å². The van der Waals surface area contributed by atoms with Crippen LogP contribution in [0.2, 0.25) is 0 Å². The van der Waals surface area contributed by atoms with E-state index in [9.17, 15) is 9.59 Å². The van der Waals surface area contributed by atoms with Crippen LogP contribution in [0.5, 0.6) is 17.2 Å². The van der Waals surface area contributed by atoms with Crippen molar-refractivity contribution in [1.82, 2.24) is 5.16 Å². The van der Waals surface area contributed by atoms with Crippen molar-refractivity contribution in [3.05, 3.63) is 65.9 Å². The zero-order valence-electron chi connectivity index (χ0n) is 17.6. The average Bonchev–Trinajstić information content (AvgIpc) is 3.29. The normalized spacial score (nSPS) is 10.7. The van der Waals surface area contributed by atoms with Crippen LogP contribution < -0.4 is 19.9 Å². The molecule has 0 radical (unpaired) electrons. The van der Waals surface area contributed by atoms with Crippen LogP contribution in [0.25, 0.3) is 17.3 Å². The van der Waals surface area contributed by atoms with Gasteiger partial charge in [-0.15, -0.1) is 0 Å². The number of esters is 1. The molecule has 0 saturated heterocycles. The number of hydrogen-bond donors (Lipinski definition) is 1. The fourth-order valence-electron chi connectivity index (χ4n) is 2.77. The Labute approximate surface area is 184 Å². The number of para-hydroxylation sites is 1. The molecule has 0 atom stereocenters. The van der Waals surface area contributed by atoms with E-state index in [1.165, 1.54) is 13.2 Å². The number of nitrogens with zero attached hydrogens (tertiary/aromatic N) is 1. The number of carbonyl (C=O) groups is 2. The third-order valence-corrected chi connectivity index (χ3v) is 4.27. The summed E-state index contributed by atoms with van der Waals surface area (Å²) in [5.41, 5.74) is 7.09. The Morgan fingerprint density at radius 2 is 1.81 bits per heavy atom. The molecule has 0 aliphatic carbocycles. The third kappa shape index (κ3) is 5.88. The molecule has 9 nitrogen and oxygen atoms in total. The van der Waals surface area contributed by atoms with E-state index >= 15 is 0 Å². The van der Waals surface area contributed by atoms with E-state index in [0.29, 0.717) is 34.3 Å². The van der Waals surface area contributed by atoms with Gasteiger partial charge in [-0.1, -0.05) is 23.4 Å². The molecular weight excluding hydrogens is 416 g/mol. The van der Waals surface area contributed by atoms with E-state index in [0.717, 1.165) is 5.56 Å². The van der Waals surface area contributed by atoms with Gasteiger partial charge in [0.1, 0.15) is 11.4 Å². The van der Waals surface area contributed by atoms with Gasteiger partial charge in [0.05, 0.1) is 14.2 Å². The minimum Gasteiger partial charge on any atom is -0.496 e. The third-order valence-electron chi connectivity index (χ3n) is 4.27. The van der Waals surface area contributed by atoms with Crippen molar-refractivity contribution in [3.63, 3.8) is 0 Å². The Morgan fingerprint density at radius 1 is 1.03 bits per heavy atom. The van der Waals surface area contributed by atoms with Crippen LogP contribution in [0, 0.1) is 0 Å². The topological polar surface area (TPSA) is 123 Å². The van der Waals surface area contributed by atoms with Crippen molar-refractivity contribution >= 4 is 18.0 Å². The number of amides is 1. The summed E-state index contributed by atoms with van der Waals surface area (Å²) in [5.74, 6) is 0.655. The zero-order chi connectivity index (χ0) is 22.9. The first-order valence-electron chi connectivity index (χ1n) is 9.53. The summed E-state index contributed by atoms with van der Waals surface area (Å²) >= 11 is 0. The van der Waals surface area contributed by atoms with Crippen LogP contribution in [0.4, 0.5) is 0 Å². The maximum absolute atomic E-state index is 12.1. The van der Waals surface area contributed by atoms with Gasteiger partial charge in [0.25, 0.3) is 5.91 Å². The number of nitrogens with two attached hydrogens (primary N) is 1. The van der Waals surface area contributed by atoms with Crippen LogP contribution in [0.1, 0.15) is 11.3 Å². The van der Waals surface area contributed by atoms with Gasteiger partial charge < -0.3 is 29.2 Å². The molecule has 2 aromatic carbocycles. The van der Waals surface area contributed by atoms with Crippen molar-refractivity contribution in [2.24, 2.45) is 5.73 Å².